The van der Waals surface area contributed by atoms with Crippen molar-refractivity contribution < 1.29 is 9.59 Å². The van der Waals surface area contributed by atoms with Crippen LogP contribution in [-0.2, 0) is 6.42 Å². The Hall–Kier alpha value is -3.45. The fraction of sp³-hybridized carbons (Fsp3) is 0.231. The lowest BCUT2D eigenvalue weighted by atomic mass is 10.1. The van der Waals surface area contributed by atoms with Crippen molar-refractivity contribution in [1.82, 2.24) is 14.5 Å². The molecule has 168 valence electrons. The van der Waals surface area contributed by atoms with Crippen LogP contribution in [0.4, 0.5) is 0 Å². The molecule has 2 aromatic carbocycles. The summed E-state index contributed by atoms with van der Waals surface area (Å²) >= 11 is 1.21. The number of aromatic nitrogens is 3. The van der Waals surface area contributed by atoms with Crippen LogP contribution < -0.4 is 5.56 Å². The summed E-state index contributed by atoms with van der Waals surface area (Å²) in [7, 11) is 0. The smallest absolute Gasteiger partial charge is 0.266 e. The van der Waals surface area contributed by atoms with E-state index in [0.717, 1.165) is 6.42 Å². The molecule has 0 bridgehead atoms. The molecule has 7 heteroatoms. The molecule has 6 nitrogen and oxygen atoms in total. The van der Waals surface area contributed by atoms with Gasteiger partial charge in [-0.1, -0.05) is 43.0 Å². The van der Waals surface area contributed by atoms with E-state index in [4.69, 9.17) is 4.98 Å². The van der Waals surface area contributed by atoms with Gasteiger partial charge in [0.1, 0.15) is 0 Å². The van der Waals surface area contributed by atoms with Gasteiger partial charge in [-0.3, -0.25) is 19.0 Å². The summed E-state index contributed by atoms with van der Waals surface area (Å²) in [5.41, 5.74) is 4.61. The number of nitrogens with one attached hydrogen (secondary N) is 1. The summed E-state index contributed by atoms with van der Waals surface area (Å²) in [5, 5.41) is 0.971. The minimum atomic E-state index is -0.175. The number of rotatable bonds is 7. The molecule has 2 aromatic heterocycles. The van der Waals surface area contributed by atoms with E-state index in [9.17, 15) is 14.4 Å². The lowest BCUT2D eigenvalue weighted by Crippen LogP contribution is -2.22. The van der Waals surface area contributed by atoms with Gasteiger partial charge in [0.15, 0.2) is 16.7 Å². The summed E-state index contributed by atoms with van der Waals surface area (Å²) in [5.74, 6) is -0.146. The predicted octanol–water partition coefficient (Wildman–Crippen LogP) is 5.07. The maximum Gasteiger partial charge on any atom is 0.266 e. The number of hydrogen-bond acceptors (Lipinski definition) is 5. The van der Waals surface area contributed by atoms with Crippen LogP contribution in [-0.4, -0.2) is 31.9 Å². The molecule has 0 atom stereocenters. The first kappa shape index (κ1) is 22.7. The molecule has 33 heavy (non-hydrogen) atoms. The van der Waals surface area contributed by atoms with Crippen molar-refractivity contribution in [2.75, 3.05) is 5.75 Å². The third kappa shape index (κ3) is 4.28. The fourth-order valence-electron chi connectivity index (χ4n) is 4.08. The van der Waals surface area contributed by atoms with E-state index >= 15 is 0 Å². The molecular formula is C26H25N3O3S. The van der Waals surface area contributed by atoms with E-state index in [0.29, 0.717) is 44.3 Å². The number of aromatic amines is 1. The minimum absolute atomic E-state index is 0.0755. The highest BCUT2D eigenvalue weighted by Crippen LogP contribution is 2.25. The van der Waals surface area contributed by atoms with Crippen LogP contribution in [0.1, 0.15) is 51.5 Å². The number of hydrogen-bond donors (Lipinski definition) is 1. The van der Waals surface area contributed by atoms with Gasteiger partial charge in [0.2, 0.25) is 0 Å². The zero-order chi connectivity index (χ0) is 23.7. The van der Waals surface area contributed by atoms with Gasteiger partial charge >= 0.3 is 0 Å². The Morgan fingerprint density at radius 3 is 2.39 bits per heavy atom. The predicted molar refractivity (Wildman–Crippen MR) is 132 cm³/mol. The van der Waals surface area contributed by atoms with Gasteiger partial charge in [0, 0.05) is 11.3 Å². The number of carbonyl (C=O) groups is 2. The standard InChI is InChI=1S/C26H25N3O3S/c1-5-18-10-12-19(13-11-18)29-25(32)20-8-6-7-9-21(20)28-26(29)33-14-22(31)24-15(2)23(17(4)30)16(3)27-24/h6-13,27H,5,14H2,1-4H3. The molecule has 4 rings (SSSR count). The number of H-pyrrole nitrogens is 1. The number of Topliss-reactive ketones (excluding diaryl/α,β-unsaturated/α-hetero) is 2. The van der Waals surface area contributed by atoms with Crippen LogP contribution in [0.5, 0.6) is 0 Å². The van der Waals surface area contributed by atoms with E-state index in [2.05, 4.69) is 11.9 Å². The lowest BCUT2D eigenvalue weighted by molar-refractivity contribution is 0.101. The summed E-state index contributed by atoms with van der Waals surface area (Å²) in [4.78, 5) is 46.1. The van der Waals surface area contributed by atoms with Crippen LogP contribution in [0.2, 0.25) is 0 Å². The van der Waals surface area contributed by atoms with Gasteiger partial charge < -0.3 is 4.98 Å². The SMILES string of the molecule is CCc1ccc(-n2c(SCC(=O)c3[nH]c(C)c(C(C)=O)c3C)nc3ccccc3c2=O)cc1. The molecule has 0 unspecified atom stereocenters. The van der Waals surface area contributed by atoms with E-state index in [-0.39, 0.29) is 22.9 Å². The Bertz CT molecular complexity index is 1430. The maximum absolute atomic E-state index is 13.4. The molecule has 0 amide bonds. The lowest BCUT2D eigenvalue weighted by Gasteiger charge is -2.13. The molecule has 0 spiro atoms. The molecule has 4 aromatic rings. The van der Waals surface area contributed by atoms with E-state index in [1.54, 1.807) is 30.5 Å². The van der Waals surface area contributed by atoms with Crippen LogP contribution in [0.3, 0.4) is 0 Å². The van der Waals surface area contributed by atoms with E-state index < -0.39 is 0 Å². The average molecular weight is 460 g/mol. The number of thioether (sulfide) groups is 1. The number of carbonyl (C=O) groups excluding carboxylic acids is 2. The van der Waals surface area contributed by atoms with Crippen molar-refractivity contribution in [3.63, 3.8) is 0 Å². The summed E-state index contributed by atoms with van der Waals surface area (Å²) in [6.07, 6.45) is 0.901. The van der Waals surface area contributed by atoms with Crippen LogP contribution in [0.25, 0.3) is 16.6 Å². The largest absolute Gasteiger partial charge is 0.355 e. The molecule has 2 heterocycles. The maximum atomic E-state index is 13.4. The van der Waals surface area contributed by atoms with Gasteiger partial charge in [-0.15, -0.1) is 0 Å². The first-order valence-electron chi connectivity index (χ1n) is 10.8. The van der Waals surface area contributed by atoms with Crippen LogP contribution in [0, 0.1) is 13.8 Å². The molecule has 0 aliphatic rings. The first-order chi connectivity index (χ1) is 15.8. The number of benzene rings is 2. The highest BCUT2D eigenvalue weighted by atomic mass is 32.2. The molecule has 0 radical (unpaired) electrons. The molecule has 0 aliphatic carbocycles. The van der Waals surface area contributed by atoms with Gasteiger partial charge in [-0.2, -0.15) is 0 Å². The second kappa shape index (κ2) is 9.19. The zero-order valence-electron chi connectivity index (χ0n) is 19.1. The number of nitrogens with zero attached hydrogens (tertiary/aromatic N) is 2. The molecular weight excluding hydrogens is 434 g/mol. The monoisotopic (exact) mass is 459 g/mol. The number of ketones is 2. The third-order valence-corrected chi connectivity index (χ3v) is 6.69. The second-order valence-corrected chi connectivity index (χ2v) is 8.91. The second-order valence-electron chi connectivity index (χ2n) is 7.97. The Morgan fingerprint density at radius 2 is 1.76 bits per heavy atom. The Balaban J connectivity index is 1.74. The summed E-state index contributed by atoms with van der Waals surface area (Å²) in [6, 6.07) is 15.0. The summed E-state index contributed by atoms with van der Waals surface area (Å²) < 4.78 is 1.56. The van der Waals surface area contributed by atoms with Crippen LogP contribution in [0.15, 0.2) is 58.5 Å². The minimum Gasteiger partial charge on any atom is -0.355 e. The van der Waals surface area contributed by atoms with Gasteiger partial charge in [-0.05, 0) is 62.6 Å². The highest BCUT2D eigenvalue weighted by molar-refractivity contribution is 7.99. The highest BCUT2D eigenvalue weighted by Gasteiger charge is 2.21. The van der Waals surface area contributed by atoms with Crippen molar-refractivity contribution in [1.29, 1.82) is 0 Å². The first-order valence-corrected chi connectivity index (χ1v) is 11.8. The van der Waals surface area contributed by atoms with Gasteiger partial charge in [-0.25, -0.2) is 4.98 Å². The molecule has 1 N–H and O–H groups in total. The molecule has 0 saturated carbocycles. The average Bonchev–Trinajstić information content (AvgIpc) is 3.11. The molecule has 0 fully saturated rings. The van der Waals surface area contributed by atoms with E-state index in [1.807, 2.05) is 36.4 Å². The summed E-state index contributed by atoms with van der Waals surface area (Å²) in [6.45, 7) is 7.13. The normalized spacial score (nSPS) is 11.2. The Kier molecular flexibility index (Phi) is 6.33. The third-order valence-electron chi connectivity index (χ3n) is 5.75. The van der Waals surface area contributed by atoms with Crippen molar-refractivity contribution in [2.45, 2.75) is 39.3 Å². The molecule has 0 saturated heterocycles. The topological polar surface area (TPSA) is 84.8 Å². The Morgan fingerprint density at radius 1 is 1.06 bits per heavy atom. The van der Waals surface area contributed by atoms with Crippen LogP contribution >= 0.6 is 11.8 Å². The van der Waals surface area contributed by atoms with Crippen molar-refractivity contribution >= 4 is 34.2 Å². The van der Waals surface area contributed by atoms with Crippen molar-refractivity contribution in [2.24, 2.45) is 0 Å². The fourth-order valence-corrected chi connectivity index (χ4v) is 4.96. The van der Waals surface area contributed by atoms with E-state index in [1.165, 1.54) is 24.2 Å². The van der Waals surface area contributed by atoms with Gasteiger partial charge in [0.05, 0.1) is 28.0 Å². The Labute approximate surface area is 196 Å². The number of para-hydroxylation sites is 1. The molecule has 0 aliphatic heterocycles. The van der Waals surface area contributed by atoms with Crippen molar-refractivity contribution in [3.8, 4) is 5.69 Å². The zero-order valence-corrected chi connectivity index (χ0v) is 19.9. The van der Waals surface area contributed by atoms with Gasteiger partial charge in [0.25, 0.3) is 5.56 Å². The quantitative estimate of drug-likeness (QED) is 0.237. The number of fused-ring (bicyclic) bond motifs is 1. The van der Waals surface area contributed by atoms with Crippen molar-refractivity contribution in [3.05, 3.63) is 87.0 Å². The number of aryl methyl sites for hydroxylation is 2.